The third-order valence-electron chi connectivity index (χ3n) is 5.47. The van der Waals surface area contributed by atoms with E-state index in [1.54, 1.807) is 37.5 Å². The average molecular weight is 437 g/mol. The molecule has 1 aliphatic heterocycles. The number of nitrogens with one attached hydrogen (secondary N) is 1. The molecule has 0 saturated carbocycles. The van der Waals surface area contributed by atoms with Crippen LogP contribution in [0.25, 0.3) is 0 Å². The number of alkyl halides is 3. The number of aromatic nitrogens is 3. The van der Waals surface area contributed by atoms with Gasteiger partial charge in [0.05, 0.1) is 11.3 Å². The van der Waals surface area contributed by atoms with Crippen LogP contribution in [0.2, 0.25) is 0 Å². The van der Waals surface area contributed by atoms with Crippen molar-refractivity contribution in [3.63, 3.8) is 0 Å². The quantitative estimate of drug-likeness (QED) is 0.737. The van der Waals surface area contributed by atoms with Gasteiger partial charge in [-0.15, -0.1) is 0 Å². The van der Waals surface area contributed by atoms with Gasteiger partial charge >= 0.3 is 6.18 Å². The molecule has 0 atom stereocenters. The molecule has 0 unspecified atom stereocenters. The molecule has 0 radical (unpaired) electrons. The van der Waals surface area contributed by atoms with Crippen LogP contribution in [0, 0.1) is 13.8 Å². The Kier molecular flexibility index (Phi) is 6.11. The second-order valence-electron chi connectivity index (χ2n) is 8.09. The molecule has 1 amide bonds. The highest BCUT2D eigenvalue weighted by Crippen LogP contribution is 2.31. The summed E-state index contributed by atoms with van der Waals surface area (Å²) in [5, 5.41) is 0. The number of carbonyl (C=O) groups excluding carboxylic acids is 2. The number of aryl methyl sites for hydroxylation is 1. The number of amides is 1. The van der Waals surface area contributed by atoms with E-state index in [0.29, 0.717) is 54.4 Å². The predicted molar refractivity (Wildman–Crippen MR) is 110 cm³/mol. The van der Waals surface area contributed by atoms with Gasteiger partial charge in [0, 0.05) is 44.5 Å². The third kappa shape index (κ3) is 4.57. The first-order valence-electron chi connectivity index (χ1n) is 10.1. The number of halogens is 3. The van der Waals surface area contributed by atoms with Crippen LogP contribution in [-0.2, 0) is 6.18 Å². The van der Waals surface area contributed by atoms with Crippen molar-refractivity contribution in [2.75, 3.05) is 31.1 Å². The van der Waals surface area contributed by atoms with Crippen LogP contribution in [0.5, 0.6) is 0 Å². The van der Waals surface area contributed by atoms with E-state index in [4.69, 9.17) is 0 Å². The molecule has 0 bridgehead atoms. The standard InChI is InChI=1S/C21H26F3N5O2/c1-11(2)15-10-16(21(22,23)24)27-20(26-15)29-8-6-28(7-9-29)19(31)17-12(3)18(14(5)30)25-13(17)4/h10-11,25H,6-9H2,1-5H3. The molecule has 3 rings (SSSR count). The molecular formula is C21H26F3N5O2. The van der Waals surface area contributed by atoms with Crippen molar-refractivity contribution in [3.05, 3.63) is 40.0 Å². The van der Waals surface area contributed by atoms with E-state index in [0.717, 1.165) is 6.07 Å². The number of nitrogens with zero attached hydrogens (tertiary/aromatic N) is 4. The van der Waals surface area contributed by atoms with Gasteiger partial charge in [0.15, 0.2) is 5.78 Å². The summed E-state index contributed by atoms with van der Waals surface area (Å²) >= 11 is 0. The highest BCUT2D eigenvalue weighted by molar-refractivity contribution is 6.02. The Labute approximate surface area is 178 Å². The molecule has 2 aromatic heterocycles. The summed E-state index contributed by atoms with van der Waals surface area (Å²) in [5.41, 5.74) is 1.48. The van der Waals surface area contributed by atoms with Crippen molar-refractivity contribution in [2.45, 2.75) is 46.7 Å². The van der Waals surface area contributed by atoms with Gasteiger partial charge in [-0.1, -0.05) is 13.8 Å². The SMILES string of the molecule is CC(=O)c1[nH]c(C)c(C(=O)N2CCN(c3nc(C(C)C)cc(C(F)(F)F)n3)CC2)c1C. The minimum atomic E-state index is -4.56. The van der Waals surface area contributed by atoms with Crippen molar-refractivity contribution in [1.82, 2.24) is 19.9 Å². The number of ketones is 1. The van der Waals surface area contributed by atoms with Crippen molar-refractivity contribution in [2.24, 2.45) is 0 Å². The van der Waals surface area contributed by atoms with Crippen molar-refractivity contribution in [1.29, 1.82) is 0 Å². The van der Waals surface area contributed by atoms with Gasteiger partial charge in [0.2, 0.25) is 5.95 Å². The van der Waals surface area contributed by atoms with Gasteiger partial charge in [-0.3, -0.25) is 9.59 Å². The Morgan fingerprint density at radius 1 is 1.10 bits per heavy atom. The van der Waals surface area contributed by atoms with Crippen molar-refractivity contribution in [3.8, 4) is 0 Å². The fourth-order valence-electron chi connectivity index (χ4n) is 3.73. The zero-order valence-electron chi connectivity index (χ0n) is 18.2. The van der Waals surface area contributed by atoms with E-state index in [2.05, 4.69) is 15.0 Å². The van der Waals surface area contributed by atoms with Gasteiger partial charge in [-0.05, 0) is 31.4 Å². The van der Waals surface area contributed by atoms with E-state index in [1.807, 2.05) is 0 Å². The number of H-pyrrole nitrogens is 1. The summed E-state index contributed by atoms with van der Waals surface area (Å²) < 4.78 is 39.8. The Morgan fingerprint density at radius 2 is 1.71 bits per heavy atom. The van der Waals surface area contributed by atoms with Gasteiger partial charge in [-0.25, -0.2) is 9.97 Å². The van der Waals surface area contributed by atoms with Crippen LogP contribution in [-0.4, -0.2) is 57.7 Å². The molecule has 31 heavy (non-hydrogen) atoms. The smallest absolute Gasteiger partial charge is 0.355 e. The van der Waals surface area contributed by atoms with E-state index in [9.17, 15) is 22.8 Å². The van der Waals surface area contributed by atoms with Crippen molar-refractivity contribution >= 4 is 17.6 Å². The topological polar surface area (TPSA) is 82.2 Å². The number of rotatable bonds is 4. The van der Waals surface area contributed by atoms with Gasteiger partial charge < -0.3 is 14.8 Å². The van der Waals surface area contributed by atoms with E-state index in [-0.39, 0.29) is 23.6 Å². The van der Waals surface area contributed by atoms with Gasteiger partial charge in [-0.2, -0.15) is 13.2 Å². The molecule has 1 aliphatic rings. The fraction of sp³-hybridized carbons (Fsp3) is 0.524. The van der Waals surface area contributed by atoms with E-state index in [1.165, 1.54) is 6.92 Å². The lowest BCUT2D eigenvalue weighted by Gasteiger charge is -2.35. The Balaban J connectivity index is 1.79. The minimum absolute atomic E-state index is 0.0264. The molecule has 0 aliphatic carbocycles. The molecule has 3 heterocycles. The molecule has 1 fully saturated rings. The van der Waals surface area contributed by atoms with Gasteiger partial charge in [0.25, 0.3) is 5.91 Å². The zero-order chi connectivity index (χ0) is 23.1. The largest absolute Gasteiger partial charge is 0.433 e. The molecule has 10 heteroatoms. The summed E-state index contributed by atoms with van der Waals surface area (Å²) in [4.78, 5) is 39.1. The molecule has 2 aromatic rings. The summed E-state index contributed by atoms with van der Waals surface area (Å²) in [6.07, 6.45) is -4.56. The van der Waals surface area contributed by atoms with Crippen molar-refractivity contribution < 1.29 is 22.8 Å². The molecule has 168 valence electrons. The lowest BCUT2D eigenvalue weighted by molar-refractivity contribution is -0.141. The predicted octanol–water partition coefficient (Wildman–Crippen LogP) is 3.73. The normalized spacial score (nSPS) is 15.0. The number of carbonyl (C=O) groups is 2. The average Bonchev–Trinajstić information content (AvgIpc) is 3.01. The Hall–Kier alpha value is -2.91. The number of hydrogen-bond donors (Lipinski definition) is 1. The lowest BCUT2D eigenvalue weighted by Crippen LogP contribution is -2.49. The number of hydrogen-bond acceptors (Lipinski definition) is 5. The number of aromatic amines is 1. The number of piperazine rings is 1. The highest BCUT2D eigenvalue weighted by Gasteiger charge is 2.35. The summed E-state index contributed by atoms with van der Waals surface area (Å²) in [6.45, 7) is 9.72. The summed E-state index contributed by atoms with van der Waals surface area (Å²) in [6, 6.07) is 0.984. The number of Topliss-reactive ketones (excluding diaryl/α,β-unsaturated/α-hetero) is 1. The van der Waals surface area contributed by atoms with E-state index >= 15 is 0 Å². The molecule has 7 nitrogen and oxygen atoms in total. The van der Waals surface area contributed by atoms with Crippen LogP contribution in [0.1, 0.15) is 70.2 Å². The zero-order valence-corrected chi connectivity index (χ0v) is 18.2. The first kappa shape index (κ1) is 22.8. The molecule has 0 spiro atoms. The second kappa shape index (κ2) is 8.32. The van der Waals surface area contributed by atoms with Gasteiger partial charge in [0.1, 0.15) is 5.69 Å². The maximum atomic E-state index is 13.3. The second-order valence-corrected chi connectivity index (χ2v) is 8.09. The molecular weight excluding hydrogens is 411 g/mol. The van der Waals surface area contributed by atoms with Crippen LogP contribution in [0.15, 0.2) is 6.07 Å². The summed E-state index contributed by atoms with van der Waals surface area (Å²) in [7, 11) is 0. The monoisotopic (exact) mass is 437 g/mol. The first-order chi connectivity index (χ1) is 14.4. The fourth-order valence-corrected chi connectivity index (χ4v) is 3.73. The summed E-state index contributed by atoms with van der Waals surface area (Å²) in [5.74, 6) is -0.502. The van der Waals surface area contributed by atoms with Crippen LogP contribution >= 0.6 is 0 Å². The molecule has 0 aromatic carbocycles. The lowest BCUT2D eigenvalue weighted by atomic mass is 10.1. The molecule has 1 N–H and O–H groups in total. The molecule has 1 saturated heterocycles. The highest BCUT2D eigenvalue weighted by atomic mass is 19.4. The number of anilines is 1. The maximum Gasteiger partial charge on any atom is 0.433 e. The van der Waals surface area contributed by atoms with Crippen LogP contribution < -0.4 is 4.90 Å². The first-order valence-corrected chi connectivity index (χ1v) is 10.1. The maximum absolute atomic E-state index is 13.3. The Morgan fingerprint density at radius 3 is 2.19 bits per heavy atom. The van der Waals surface area contributed by atoms with E-state index < -0.39 is 11.9 Å². The minimum Gasteiger partial charge on any atom is -0.355 e. The Bertz CT molecular complexity index is 1010. The van der Waals surface area contributed by atoms with Crippen LogP contribution in [0.4, 0.5) is 19.1 Å². The van der Waals surface area contributed by atoms with Crippen LogP contribution in [0.3, 0.4) is 0 Å². The third-order valence-corrected chi connectivity index (χ3v) is 5.47.